The molecule has 0 saturated carbocycles. The lowest BCUT2D eigenvalue weighted by Gasteiger charge is -2.10. The zero-order valence-corrected chi connectivity index (χ0v) is 16.2. The van der Waals surface area contributed by atoms with Crippen LogP contribution in [0.3, 0.4) is 0 Å². The van der Waals surface area contributed by atoms with E-state index in [1.807, 2.05) is 49.4 Å². The van der Waals surface area contributed by atoms with E-state index in [0.717, 1.165) is 16.8 Å². The topological polar surface area (TPSA) is 59.8 Å². The van der Waals surface area contributed by atoms with Crippen molar-refractivity contribution in [2.45, 2.75) is 6.92 Å². The second-order valence-corrected chi connectivity index (χ2v) is 6.79. The van der Waals surface area contributed by atoms with E-state index >= 15 is 0 Å². The number of halogens is 2. The molecule has 0 atom stereocenters. The number of nitrogens with zero attached hydrogens (tertiary/aromatic N) is 3. The van der Waals surface area contributed by atoms with Crippen LogP contribution < -0.4 is 5.32 Å². The van der Waals surface area contributed by atoms with Crippen molar-refractivity contribution in [1.82, 2.24) is 14.8 Å². The van der Waals surface area contributed by atoms with Crippen LogP contribution >= 0.6 is 11.6 Å². The molecule has 0 aliphatic heterocycles. The van der Waals surface area contributed by atoms with Gasteiger partial charge in [-0.05, 0) is 48.9 Å². The molecular formula is C22H16ClFN4O. The number of amides is 1. The van der Waals surface area contributed by atoms with Gasteiger partial charge in [-0.1, -0.05) is 48.0 Å². The van der Waals surface area contributed by atoms with Crippen molar-refractivity contribution in [3.8, 4) is 17.1 Å². The zero-order chi connectivity index (χ0) is 20.4. The van der Waals surface area contributed by atoms with Crippen molar-refractivity contribution in [3.05, 3.63) is 95.0 Å². The van der Waals surface area contributed by atoms with Gasteiger partial charge in [0.05, 0.1) is 5.69 Å². The van der Waals surface area contributed by atoms with Gasteiger partial charge < -0.3 is 5.32 Å². The number of nitrogens with one attached hydrogen (secondary N) is 1. The Morgan fingerprint density at radius 3 is 2.45 bits per heavy atom. The number of benzene rings is 3. The number of hydrogen-bond acceptors (Lipinski definition) is 3. The van der Waals surface area contributed by atoms with Crippen LogP contribution in [0.2, 0.25) is 5.02 Å². The molecule has 1 N–H and O–H groups in total. The van der Waals surface area contributed by atoms with Crippen LogP contribution in [0, 0.1) is 12.7 Å². The summed E-state index contributed by atoms with van der Waals surface area (Å²) in [5.74, 6) is -0.367. The minimum atomic E-state index is -0.493. The Kier molecular flexibility index (Phi) is 5.10. The fraction of sp³-hybridized carbons (Fsp3) is 0.0455. The zero-order valence-electron chi connectivity index (χ0n) is 15.4. The second-order valence-electron chi connectivity index (χ2n) is 6.38. The molecule has 5 nitrogen and oxygen atoms in total. The molecule has 0 radical (unpaired) electrons. The molecule has 0 aliphatic rings. The number of anilines is 1. The predicted molar refractivity (Wildman–Crippen MR) is 111 cm³/mol. The Hall–Kier alpha value is -3.51. The normalized spacial score (nSPS) is 10.7. The van der Waals surface area contributed by atoms with E-state index in [-0.39, 0.29) is 11.6 Å². The Balaban J connectivity index is 1.78. The van der Waals surface area contributed by atoms with Crippen LogP contribution in [-0.4, -0.2) is 20.7 Å². The molecule has 0 spiro atoms. The van der Waals surface area contributed by atoms with Crippen molar-refractivity contribution < 1.29 is 9.18 Å². The first-order valence-electron chi connectivity index (χ1n) is 8.88. The lowest BCUT2D eigenvalue weighted by atomic mass is 10.2. The first-order valence-corrected chi connectivity index (χ1v) is 9.25. The molecule has 7 heteroatoms. The molecule has 1 aromatic heterocycles. The van der Waals surface area contributed by atoms with Crippen LogP contribution in [0.5, 0.6) is 0 Å². The quantitative estimate of drug-likeness (QED) is 0.501. The van der Waals surface area contributed by atoms with Gasteiger partial charge in [-0.3, -0.25) is 4.79 Å². The van der Waals surface area contributed by atoms with E-state index in [2.05, 4.69) is 15.4 Å². The molecule has 0 unspecified atom stereocenters. The molecule has 0 bridgehead atoms. The second kappa shape index (κ2) is 7.85. The van der Waals surface area contributed by atoms with Gasteiger partial charge in [-0.2, -0.15) is 0 Å². The molecule has 29 heavy (non-hydrogen) atoms. The van der Waals surface area contributed by atoms with Gasteiger partial charge in [0.25, 0.3) is 5.91 Å². The van der Waals surface area contributed by atoms with Gasteiger partial charge in [-0.15, -0.1) is 5.10 Å². The van der Waals surface area contributed by atoms with Gasteiger partial charge in [0.15, 0.2) is 5.82 Å². The van der Waals surface area contributed by atoms with Gasteiger partial charge in [0, 0.05) is 16.3 Å². The Morgan fingerprint density at radius 2 is 1.72 bits per heavy atom. The highest BCUT2D eigenvalue weighted by molar-refractivity contribution is 6.31. The maximum Gasteiger partial charge on any atom is 0.295 e. The summed E-state index contributed by atoms with van der Waals surface area (Å²) in [4.78, 5) is 17.2. The summed E-state index contributed by atoms with van der Waals surface area (Å²) in [7, 11) is 0. The SMILES string of the molecule is Cc1c(Cl)cccc1-n1nc(C(=O)Nc2ccc(F)cc2)nc1-c1ccccc1. The standard InChI is InChI=1S/C22H16ClFN4O/c1-14-18(23)8-5-9-19(14)28-21(15-6-3-2-4-7-15)26-20(27-28)22(29)25-17-12-10-16(24)11-13-17/h2-13H,1H3,(H,25,29). The summed E-state index contributed by atoms with van der Waals surface area (Å²) in [5, 5.41) is 7.71. The fourth-order valence-electron chi connectivity index (χ4n) is 2.90. The number of aromatic nitrogens is 3. The maximum atomic E-state index is 13.1. The lowest BCUT2D eigenvalue weighted by Crippen LogP contribution is -2.14. The number of carbonyl (C=O) groups excluding carboxylic acids is 1. The first kappa shape index (κ1) is 18.8. The summed E-state index contributed by atoms with van der Waals surface area (Å²) in [6.45, 7) is 1.88. The first-order chi connectivity index (χ1) is 14.0. The number of rotatable bonds is 4. The van der Waals surface area contributed by atoms with Crippen molar-refractivity contribution in [3.63, 3.8) is 0 Å². The smallest absolute Gasteiger partial charge is 0.295 e. The van der Waals surface area contributed by atoms with E-state index in [1.165, 1.54) is 24.3 Å². The van der Waals surface area contributed by atoms with Crippen LogP contribution in [0.25, 0.3) is 17.1 Å². The third kappa shape index (κ3) is 3.88. The maximum absolute atomic E-state index is 13.1. The summed E-state index contributed by atoms with van der Waals surface area (Å²) in [6, 6.07) is 20.4. The van der Waals surface area contributed by atoms with Crippen molar-refractivity contribution in [2.75, 3.05) is 5.32 Å². The highest BCUT2D eigenvalue weighted by atomic mass is 35.5. The van der Waals surface area contributed by atoms with Gasteiger partial charge in [0.2, 0.25) is 5.82 Å². The minimum absolute atomic E-state index is 0.00689. The summed E-state index contributed by atoms with van der Waals surface area (Å²) >= 11 is 6.28. The minimum Gasteiger partial charge on any atom is -0.319 e. The van der Waals surface area contributed by atoms with Crippen LogP contribution in [0.4, 0.5) is 10.1 Å². The molecule has 1 amide bonds. The summed E-state index contributed by atoms with van der Waals surface area (Å²) in [6.07, 6.45) is 0. The third-order valence-corrected chi connectivity index (χ3v) is 4.82. The predicted octanol–water partition coefficient (Wildman–Crippen LogP) is 5.29. The van der Waals surface area contributed by atoms with Gasteiger partial charge in [-0.25, -0.2) is 14.1 Å². The van der Waals surface area contributed by atoms with Crippen LogP contribution in [-0.2, 0) is 0 Å². The molecule has 0 saturated heterocycles. The fourth-order valence-corrected chi connectivity index (χ4v) is 3.07. The number of hydrogen-bond donors (Lipinski definition) is 1. The lowest BCUT2D eigenvalue weighted by molar-refractivity contribution is 0.101. The van der Waals surface area contributed by atoms with Crippen molar-refractivity contribution >= 4 is 23.2 Å². The van der Waals surface area contributed by atoms with Crippen LogP contribution in [0.1, 0.15) is 16.2 Å². The van der Waals surface area contributed by atoms with Crippen LogP contribution in [0.15, 0.2) is 72.8 Å². The molecule has 4 aromatic rings. The number of carbonyl (C=O) groups is 1. The average molecular weight is 407 g/mol. The Bertz CT molecular complexity index is 1170. The monoisotopic (exact) mass is 406 g/mol. The van der Waals surface area contributed by atoms with Crippen molar-refractivity contribution in [2.24, 2.45) is 0 Å². The molecule has 0 fully saturated rings. The molecule has 1 heterocycles. The van der Waals surface area contributed by atoms with Gasteiger partial charge >= 0.3 is 0 Å². The average Bonchev–Trinajstić information content (AvgIpc) is 3.18. The molecule has 4 rings (SSSR count). The van der Waals surface area contributed by atoms with Gasteiger partial charge in [0.1, 0.15) is 5.82 Å². The largest absolute Gasteiger partial charge is 0.319 e. The van der Waals surface area contributed by atoms with E-state index < -0.39 is 5.91 Å². The highest BCUT2D eigenvalue weighted by Crippen LogP contribution is 2.26. The van der Waals surface area contributed by atoms with E-state index in [4.69, 9.17) is 11.6 Å². The highest BCUT2D eigenvalue weighted by Gasteiger charge is 2.20. The molecular weight excluding hydrogens is 391 g/mol. The van der Waals surface area contributed by atoms with E-state index in [1.54, 1.807) is 10.7 Å². The molecule has 0 aliphatic carbocycles. The molecule has 144 valence electrons. The van der Waals surface area contributed by atoms with E-state index in [0.29, 0.717) is 16.5 Å². The molecule has 3 aromatic carbocycles. The summed E-state index contributed by atoms with van der Waals surface area (Å²) < 4.78 is 14.7. The van der Waals surface area contributed by atoms with Crippen molar-refractivity contribution in [1.29, 1.82) is 0 Å². The van der Waals surface area contributed by atoms with E-state index in [9.17, 15) is 9.18 Å². The third-order valence-electron chi connectivity index (χ3n) is 4.41. The summed E-state index contributed by atoms with van der Waals surface area (Å²) in [5.41, 5.74) is 2.81. The Morgan fingerprint density at radius 1 is 1.00 bits per heavy atom. The Labute approximate surface area is 171 Å².